The van der Waals surface area contributed by atoms with Crippen LogP contribution in [0.2, 0.25) is 0 Å². The Morgan fingerprint density at radius 1 is 1.13 bits per heavy atom. The van der Waals surface area contributed by atoms with Crippen molar-refractivity contribution in [3.8, 4) is 0 Å². The summed E-state index contributed by atoms with van der Waals surface area (Å²) in [5.41, 5.74) is 0. The summed E-state index contributed by atoms with van der Waals surface area (Å²) in [5.74, 6) is 4.24. The molecule has 3 saturated carbocycles. The highest BCUT2D eigenvalue weighted by atomic mass is 14.9. The van der Waals surface area contributed by atoms with Crippen molar-refractivity contribution in [3.05, 3.63) is 0 Å². The van der Waals surface area contributed by atoms with Crippen molar-refractivity contribution in [3.63, 3.8) is 0 Å². The molecule has 0 aromatic heterocycles. The molecule has 15 heavy (non-hydrogen) atoms. The molecule has 1 N–H and O–H groups in total. The monoisotopic (exact) mass is 207 g/mol. The lowest BCUT2D eigenvalue weighted by atomic mass is 9.80. The van der Waals surface area contributed by atoms with Crippen molar-refractivity contribution in [2.24, 2.45) is 23.7 Å². The number of fused-ring (bicyclic) bond motifs is 2. The van der Waals surface area contributed by atoms with Gasteiger partial charge in [-0.2, -0.15) is 0 Å². The SMILES string of the molecule is CC(NCC1CC2CCC1C2)C1CCC1. The van der Waals surface area contributed by atoms with Gasteiger partial charge in [0.15, 0.2) is 0 Å². The molecule has 1 nitrogen and oxygen atoms in total. The molecular weight excluding hydrogens is 182 g/mol. The van der Waals surface area contributed by atoms with Crippen molar-refractivity contribution >= 4 is 0 Å². The van der Waals surface area contributed by atoms with Crippen LogP contribution in [0, 0.1) is 23.7 Å². The smallest absolute Gasteiger partial charge is 0.00671 e. The maximum absolute atomic E-state index is 3.81. The molecular formula is C14H25N. The Kier molecular flexibility index (Phi) is 2.76. The fourth-order valence-electron chi connectivity index (χ4n) is 4.07. The van der Waals surface area contributed by atoms with Gasteiger partial charge in [0, 0.05) is 6.04 Å². The molecule has 3 fully saturated rings. The predicted molar refractivity (Wildman–Crippen MR) is 63.7 cm³/mol. The van der Waals surface area contributed by atoms with E-state index >= 15 is 0 Å². The van der Waals surface area contributed by atoms with E-state index in [0.29, 0.717) is 0 Å². The maximum Gasteiger partial charge on any atom is 0.00671 e. The second-order valence-electron chi connectivity index (χ2n) is 6.32. The number of hydrogen-bond acceptors (Lipinski definition) is 1. The summed E-state index contributed by atoms with van der Waals surface area (Å²) in [5, 5.41) is 3.81. The first-order chi connectivity index (χ1) is 7.33. The molecule has 0 aromatic rings. The minimum absolute atomic E-state index is 0.790. The van der Waals surface area contributed by atoms with Crippen LogP contribution < -0.4 is 5.32 Å². The molecule has 0 aliphatic heterocycles. The minimum Gasteiger partial charge on any atom is -0.314 e. The van der Waals surface area contributed by atoms with Crippen molar-refractivity contribution in [1.29, 1.82) is 0 Å². The van der Waals surface area contributed by atoms with Gasteiger partial charge in [-0.1, -0.05) is 12.8 Å². The van der Waals surface area contributed by atoms with E-state index in [0.717, 1.165) is 29.7 Å². The number of rotatable bonds is 4. The summed E-state index contributed by atoms with van der Waals surface area (Å²) in [4.78, 5) is 0. The Morgan fingerprint density at radius 2 is 2.00 bits per heavy atom. The highest BCUT2D eigenvalue weighted by molar-refractivity contribution is 4.91. The van der Waals surface area contributed by atoms with E-state index in [1.165, 1.54) is 38.6 Å². The van der Waals surface area contributed by atoms with E-state index in [-0.39, 0.29) is 0 Å². The van der Waals surface area contributed by atoms with E-state index in [9.17, 15) is 0 Å². The lowest BCUT2D eigenvalue weighted by Gasteiger charge is -2.33. The molecule has 0 heterocycles. The molecule has 3 aliphatic rings. The van der Waals surface area contributed by atoms with Gasteiger partial charge in [-0.3, -0.25) is 0 Å². The van der Waals surface area contributed by atoms with Gasteiger partial charge >= 0.3 is 0 Å². The molecule has 86 valence electrons. The molecule has 0 amide bonds. The predicted octanol–water partition coefficient (Wildman–Crippen LogP) is 3.20. The van der Waals surface area contributed by atoms with Crippen LogP contribution in [-0.4, -0.2) is 12.6 Å². The van der Waals surface area contributed by atoms with Gasteiger partial charge in [0.05, 0.1) is 0 Å². The normalized spacial score (nSPS) is 41.8. The highest BCUT2D eigenvalue weighted by Crippen LogP contribution is 2.48. The third-order valence-corrected chi connectivity index (χ3v) is 5.44. The lowest BCUT2D eigenvalue weighted by Crippen LogP contribution is -2.40. The van der Waals surface area contributed by atoms with Crippen LogP contribution in [0.3, 0.4) is 0 Å². The average Bonchev–Trinajstić information content (AvgIpc) is 2.72. The molecule has 0 spiro atoms. The molecule has 3 aliphatic carbocycles. The van der Waals surface area contributed by atoms with Crippen LogP contribution in [-0.2, 0) is 0 Å². The van der Waals surface area contributed by atoms with Crippen molar-refractivity contribution < 1.29 is 0 Å². The van der Waals surface area contributed by atoms with Gasteiger partial charge in [0.1, 0.15) is 0 Å². The van der Waals surface area contributed by atoms with Crippen molar-refractivity contribution in [2.75, 3.05) is 6.54 Å². The molecule has 0 saturated heterocycles. The summed E-state index contributed by atoms with van der Waals surface area (Å²) < 4.78 is 0. The third-order valence-electron chi connectivity index (χ3n) is 5.44. The molecule has 1 heteroatoms. The molecule has 0 aromatic carbocycles. The largest absolute Gasteiger partial charge is 0.314 e. The van der Waals surface area contributed by atoms with Gasteiger partial charge in [-0.05, 0) is 69.2 Å². The third kappa shape index (κ3) is 1.95. The second kappa shape index (κ2) is 4.08. The maximum atomic E-state index is 3.81. The van der Waals surface area contributed by atoms with Gasteiger partial charge in [-0.15, -0.1) is 0 Å². The van der Waals surface area contributed by atoms with E-state index in [2.05, 4.69) is 12.2 Å². The minimum atomic E-state index is 0.790. The second-order valence-corrected chi connectivity index (χ2v) is 6.32. The summed E-state index contributed by atoms with van der Waals surface area (Å²) in [6.07, 6.45) is 10.6. The Balaban J connectivity index is 1.42. The molecule has 3 rings (SSSR count). The van der Waals surface area contributed by atoms with Crippen LogP contribution in [0.5, 0.6) is 0 Å². The zero-order valence-electron chi connectivity index (χ0n) is 10.0. The van der Waals surface area contributed by atoms with Crippen LogP contribution >= 0.6 is 0 Å². The van der Waals surface area contributed by atoms with Crippen LogP contribution in [0.15, 0.2) is 0 Å². The first kappa shape index (κ1) is 10.1. The van der Waals surface area contributed by atoms with Gasteiger partial charge in [-0.25, -0.2) is 0 Å². The summed E-state index contributed by atoms with van der Waals surface area (Å²) in [6.45, 7) is 3.72. The zero-order chi connectivity index (χ0) is 10.3. The van der Waals surface area contributed by atoms with E-state index in [1.807, 2.05) is 0 Å². The number of nitrogens with one attached hydrogen (secondary N) is 1. The Labute approximate surface area is 94.0 Å². The molecule has 4 atom stereocenters. The van der Waals surface area contributed by atoms with Crippen molar-refractivity contribution in [2.45, 2.75) is 57.9 Å². The van der Waals surface area contributed by atoms with Gasteiger partial charge in [0.2, 0.25) is 0 Å². The average molecular weight is 207 g/mol. The topological polar surface area (TPSA) is 12.0 Å². The van der Waals surface area contributed by atoms with E-state index < -0.39 is 0 Å². The zero-order valence-corrected chi connectivity index (χ0v) is 10.0. The summed E-state index contributed by atoms with van der Waals surface area (Å²) >= 11 is 0. The first-order valence-electron chi connectivity index (χ1n) is 7.06. The van der Waals surface area contributed by atoms with Crippen LogP contribution in [0.4, 0.5) is 0 Å². The fourth-order valence-corrected chi connectivity index (χ4v) is 4.07. The fraction of sp³-hybridized carbons (Fsp3) is 1.00. The highest BCUT2D eigenvalue weighted by Gasteiger charge is 2.39. The van der Waals surface area contributed by atoms with E-state index in [4.69, 9.17) is 0 Å². The lowest BCUT2D eigenvalue weighted by molar-refractivity contribution is 0.220. The molecule has 2 bridgehead atoms. The van der Waals surface area contributed by atoms with E-state index in [1.54, 1.807) is 12.8 Å². The Hall–Kier alpha value is -0.0400. The van der Waals surface area contributed by atoms with Crippen LogP contribution in [0.1, 0.15) is 51.9 Å². The summed E-state index contributed by atoms with van der Waals surface area (Å²) in [6, 6.07) is 0.790. The summed E-state index contributed by atoms with van der Waals surface area (Å²) in [7, 11) is 0. The molecule has 4 unspecified atom stereocenters. The standard InChI is InChI=1S/C14H25N/c1-10(12-3-2-4-12)15-9-14-8-11-5-6-13(14)7-11/h10-15H,2-9H2,1H3. The van der Waals surface area contributed by atoms with Crippen molar-refractivity contribution in [1.82, 2.24) is 5.32 Å². The Morgan fingerprint density at radius 3 is 2.53 bits per heavy atom. The quantitative estimate of drug-likeness (QED) is 0.746. The van der Waals surface area contributed by atoms with Crippen LogP contribution in [0.25, 0.3) is 0 Å². The Bertz CT molecular complexity index is 221. The van der Waals surface area contributed by atoms with Gasteiger partial charge in [0.25, 0.3) is 0 Å². The first-order valence-corrected chi connectivity index (χ1v) is 7.06. The molecule has 0 radical (unpaired) electrons. The number of hydrogen-bond donors (Lipinski definition) is 1. The van der Waals surface area contributed by atoms with Gasteiger partial charge < -0.3 is 5.32 Å².